The van der Waals surface area contributed by atoms with Crippen molar-refractivity contribution in [3.05, 3.63) is 22.4 Å². The fourth-order valence-corrected chi connectivity index (χ4v) is 1.77. The fraction of sp³-hybridized carbons (Fsp3) is 0.364. The van der Waals surface area contributed by atoms with Crippen molar-refractivity contribution >= 4 is 29.1 Å². The molecule has 1 aromatic heterocycles. The van der Waals surface area contributed by atoms with Crippen molar-refractivity contribution in [2.45, 2.75) is 25.9 Å². The van der Waals surface area contributed by atoms with Gasteiger partial charge < -0.3 is 15.7 Å². The molecule has 0 spiro atoms. The summed E-state index contributed by atoms with van der Waals surface area (Å²) in [6.07, 6.45) is 0. The van der Waals surface area contributed by atoms with Gasteiger partial charge in [-0.05, 0) is 25.3 Å². The molecule has 2 amide bonds. The molecule has 0 radical (unpaired) electrons. The van der Waals surface area contributed by atoms with E-state index in [9.17, 15) is 14.4 Å². The van der Waals surface area contributed by atoms with Crippen LogP contribution < -0.4 is 10.6 Å². The number of carbonyl (C=O) groups is 3. The van der Waals surface area contributed by atoms with E-state index in [1.807, 2.05) is 0 Å². The van der Waals surface area contributed by atoms with Gasteiger partial charge in [0.1, 0.15) is 12.1 Å². The second-order valence-corrected chi connectivity index (χ2v) is 4.69. The van der Waals surface area contributed by atoms with E-state index in [4.69, 9.17) is 5.11 Å². The molecular formula is C11H14N2O4S. The number of rotatable bonds is 5. The Balaban J connectivity index is 2.50. The van der Waals surface area contributed by atoms with Crippen LogP contribution in [0.5, 0.6) is 0 Å². The van der Waals surface area contributed by atoms with Crippen molar-refractivity contribution in [3.8, 4) is 0 Å². The van der Waals surface area contributed by atoms with Crippen molar-refractivity contribution in [2.75, 3.05) is 0 Å². The normalized spacial score (nSPS) is 13.4. The minimum absolute atomic E-state index is 0.351. The highest BCUT2D eigenvalue weighted by Gasteiger charge is 2.20. The molecule has 3 N–H and O–H groups in total. The molecule has 0 aliphatic heterocycles. The maximum absolute atomic E-state index is 11.6. The van der Waals surface area contributed by atoms with Crippen LogP contribution >= 0.6 is 11.3 Å². The van der Waals surface area contributed by atoms with Crippen LogP contribution in [0.4, 0.5) is 0 Å². The zero-order valence-electron chi connectivity index (χ0n) is 9.97. The lowest BCUT2D eigenvalue weighted by Crippen LogP contribution is -2.49. The van der Waals surface area contributed by atoms with Crippen molar-refractivity contribution in [3.63, 3.8) is 0 Å². The Kier molecular flexibility index (Phi) is 4.85. The molecule has 1 aromatic rings. The van der Waals surface area contributed by atoms with Crippen LogP contribution in [-0.4, -0.2) is 35.0 Å². The highest BCUT2D eigenvalue weighted by Crippen LogP contribution is 2.08. The van der Waals surface area contributed by atoms with E-state index in [2.05, 4.69) is 10.6 Å². The Morgan fingerprint density at radius 1 is 1.22 bits per heavy atom. The summed E-state index contributed by atoms with van der Waals surface area (Å²) in [7, 11) is 0. The molecule has 1 heterocycles. The summed E-state index contributed by atoms with van der Waals surface area (Å²) >= 11 is 1.27. The Morgan fingerprint density at radius 3 is 2.39 bits per heavy atom. The van der Waals surface area contributed by atoms with Gasteiger partial charge in [0.15, 0.2) is 0 Å². The van der Waals surface area contributed by atoms with Gasteiger partial charge >= 0.3 is 5.97 Å². The summed E-state index contributed by atoms with van der Waals surface area (Å²) in [5, 5.41) is 15.2. The molecule has 7 heteroatoms. The predicted molar refractivity (Wildman–Crippen MR) is 66.5 cm³/mol. The van der Waals surface area contributed by atoms with Crippen LogP contribution in [0, 0.1) is 0 Å². The highest BCUT2D eigenvalue weighted by molar-refractivity contribution is 7.12. The van der Waals surface area contributed by atoms with E-state index in [1.54, 1.807) is 17.5 Å². The summed E-state index contributed by atoms with van der Waals surface area (Å²) in [6.45, 7) is 2.85. The van der Waals surface area contributed by atoms with Gasteiger partial charge in [0.2, 0.25) is 5.91 Å². The SMILES string of the molecule is CC(NC(=O)c1cccs1)C(=O)N[C@@H](C)C(=O)O. The molecule has 1 rings (SSSR count). The van der Waals surface area contributed by atoms with Crippen molar-refractivity contribution in [1.82, 2.24) is 10.6 Å². The zero-order valence-corrected chi connectivity index (χ0v) is 10.8. The Hall–Kier alpha value is -1.89. The van der Waals surface area contributed by atoms with Crippen LogP contribution in [-0.2, 0) is 9.59 Å². The van der Waals surface area contributed by atoms with Gasteiger partial charge in [0.05, 0.1) is 4.88 Å². The molecule has 0 aromatic carbocycles. The highest BCUT2D eigenvalue weighted by atomic mass is 32.1. The molecule has 0 saturated carbocycles. The van der Waals surface area contributed by atoms with Crippen molar-refractivity contribution in [1.29, 1.82) is 0 Å². The molecule has 2 atom stereocenters. The van der Waals surface area contributed by atoms with E-state index in [-0.39, 0.29) is 5.91 Å². The van der Waals surface area contributed by atoms with E-state index >= 15 is 0 Å². The van der Waals surface area contributed by atoms with Gasteiger partial charge in [-0.15, -0.1) is 11.3 Å². The fourth-order valence-electron chi connectivity index (χ4n) is 1.14. The smallest absolute Gasteiger partial charge is 0.325 e. The summed E-state index contributed by atoms with van der Waals surface area (Å²) in [5.41, 5.74) is 0. The number of thiophene rings is 1. The second-order valence-electron chi connectivity index (χ2n) is 3.74. The van der Waals surface area contributed by atoms with Gasteiger partial charge in [0.25, 0.3) is 5.91 Å². The van der Waals surface area contributed by atoms with Gasteiger partial charge in [-0.1, -0.05) is 6.07 Å². The maximum atomic E-state index is 11.6. The van der Waals surface area contributed by atoms with E-state index in [0.717, 1.165) is 0 Å². The van der Waals surface area contributed by atoms with Crippen LogP contribution in [0.25, 0.3) is 0 Å². The molecule has 1 unspecified atom stereocenters. The number of hydrogen-bond acceptors (Lipinski definition) is 4. The van der Waals surface area contributed by atoms with Gasteiger partial charge in [-0.3, -0.25) is 14.4 Å². The number of aliphatic carboxylic acids is 1. The number of carbonyl (C=O) groups excluding carboxylic acids is 2. The maximum Gasteiger partial charge on any atom is 0.325 e. The lowest BCUT2D eigenvalue weighted by Gasteiger charge is -2.15. The van der Waals surface area contributed by atoms with Gasteiger partial charge in [-0.2, -0.15) is 0 Å². The monoisotopic (exact) mass is 270 g/mol. The molecule has 98 valence electrons. The number of nitrogens with one attached hydrogen (secondary N) is 2. The molecule has 0 aliphatic rings. The largest absolute Gasteiger partial charge is 0.480 e. The predicted octanol–water partition coefficient (Wildman–Crippen LogP) is 0.456. The second kappa shape index (κ2) is 6.15. The molecular weight excluding hydrogens is 256 g/mol. The van der Waals surface area contributed by atoms with Gasteiger partial charge in [0, 0.05) is 0 Å². The molecule has 0 bridgehead atoms. The van der Waals surface area contributed by atoms with Crippen LogP contribution in [0.15, 0.2) is 17.5 Å². The molecule has 6 nitrogen and oxygen atoms in total. The van der Waals surface area contributed by atoms with Crippen molar-refractivity contribution in [2.24, 2.45) is 0 Å². The molecule has 0 saturated heterocycles. The lowest BCUT2D eigenvalue weighted by atomic mass is 10.2. The molecule has 0 fully saturated rings. The quantitative estimate of drug-likeness (QED) is 0.724. The number of carboxylic acids is 1. The minimum atomic E-state index is -1.12. The first-order valence-corrected chi connectivity index (χ1v) is 6.17. The summed E-state index contributed by atoms with van der Waals surface area (Å²) < 4.78 is 0. The first kappa shape index (κ1) is 14.2. The summed E-state index contributed by atoms with van der Waals surface area (Å²) in [6, 6.07) is 1.60. The average Bonchev–Trinajstić information content (AvgIpc) is 2.81. The molecule has 0 aliphatic carbocycles. The first-order chi connectivity index (χ1) is 8.41. The van der Waals surface area contributed by atoms with E-state index < -0.39 is 24.0 Å². The minimum Gasteiger partial charge on any atom is -0.480 e. The third-order valence-electron chi connectivity index (χ3n) is 2.22. The topological polar surface area (TPSA) is 95.5 Å². The van der Waals surface area contributed by atoms with Crippen molar-refractivity contribution < 1.29 is 19.5 Å². The summed E-state index contributed by atoms with van der Waals surface area (Å²) in [5.74, 6) is -2.01. The molecule has 18 heavy (non-hydrogen) atoms. The van der Waals surface area contributed by atoms with Crippen LogP contribution in [0.2, 0.25) is 0 Å². The number of carboxylic acid groups (broad SMARTS) is 1. The number of hydrogen-bond donors (Lipinski definition) is 3. The van der Waals surface area contributed by atoms with Gasteiger partial charge in [-0.25, -0.2) is 0 Å². The van der Waals surface area contributed by atoms with Crippen LogP contribution in [0.3, 0.4) is 0 Å². The zero-order chi connectivity index (χ0) is 13.7. The standard InChI is InChI=1S/C11H14N2O4S/c1-6(9(14)13-7(2)11(16)17)12-10(15)8-4-3-5-18-8/h3-7H,1-2H3,(H,12,15)(H,13,14)(H,16,17)/t6?,7-/m0/s1. The number of amides is 2. The Bertz CT molecular complexity index is 444. The summed E-state index contributed by atoms with van der Waals surface area (Å²) in [4.78, 5) is 34.3. The first-order valence-electron chi connectivity index (χ1n) is 5.29. The third kappa shape index (κ3) is 3.85. The van der Waals surface area contributed by atoms with Crippen LogP contribution in [0.1, 0.15) is 23.5 Å². The van der Waals surface area contributed by atoms with E-state index in [1.165, 1.54) is 25.2 Å². The average molecular weight is 270 g/mol. The third-order valence-corrected chi connectivity index (χ3v) is 3.08. The lowest BCUT2D eigenvalue weighted by molar-refractivity contribution is -0.141. The van der Waals surface area contributed by atoms with E-state index in [0.29, 0.717) is 4.88 Å². The Labute approximate surface area is 108 Å². The Morgan fingerprint density at radius 2 is 1.89 bits per heavy atom.